The molecule has 1 aromatic rings. The first-order chi connectivity index (χ1) is 7.74. The maximum Gasteiger partial charge on any atom is 0.127 e. The number of rotatable bonds is 2. The van der Waals surface area contributed by atoms with Gasteiger partial charge < -0.3 is 10.6 Å². The van der Waals surface area contributed by atoms with E-state index in [9.17, 15) is 5.26 Å². The molecule has 2 rings (SSSR count). The zero-order chi connectivity index (χ0) is 11.4. The van der Waals surface area contributed by atoms with Crippen molar-refractivity contribution in [3.8, 4) is 6.07 Å². The fraction of sp³-hybridized carbons (Fsp3) is 0.417. The fourth-order valence-corrected chi connectivity index (χ4v) is 2.36. The maximum absolute atomic E-state index is 9.32. The molecule has 0 amide bonds. The third-order valence-corrected chi connectivity index (χ3v) is 3.37. The second-order valence-corrected chi connectivity index (χ2v) is 4.99. The lowest BCUT2D eigenvalue weighted by Gasteiger charge is -2.33. The molecular formula is C12H14BrN3. The SMILES string of the molecule is N#CC1(Nc2cccc(Br)c2)CCNCC1. The van der Waals surface area contributed by atoms with Crippen LogP contribution in [-0.4, -0.2) is 18.6 Å². The Labute approximate surface area is 104 Å². The summed E-state index contributed by atoms with van der Waals surface area (Å²) in [6.07, 6.45) is 1.69. The van der Waals surface area contributed by atoms with Crippen LogP contribution in [0.5, 0.6) is 0 Å². The standard InChI is InChI=1S/C12H14BrN3/c13-10-2-1-3-11(8-10)16-12(9-14)4-6-15-7-5-12/h1-3,8,15-16H,4-7H2. The van der Waals surface area contributed by atoms with Gasteiger partial charge in [0.15, 0.2) is 0 Å². The minimum Gasteiger partial charge on any atom is -0.367 e. The van der Waals surface area contributed by atoms with E-state index in [1.807, 2.05) is 24.3 Å². The van der Waals surface area contributed by atoms with E-state index in [1.165, 1.54) is 0 Å². The van der Waals surface area contributed by atoms with Crippen LogP contribution in [0.4, 0.5) is 5.69 Å². The van der Waals surface area contributed by atoms with Crippen LogP contribution in [0.15, 0.2) is 28.7 Å². The number of hydrogen-bond donors (Lipinski definition) is 2. The van der Waals surface area contributed by atoms with E-state index in [0.717, 1.165) is 36.1 Å². The van der Waals surface area contributed by atoms with Crippen LogP contribution in [0.3, 0.4) is 0 Å². The number of nitrogens with one attached hydrogen (secondary N) is 2. The number of halogens is 1. The zero-order valence-corrected chi connectivity index (χ0v) is 10.5. The van der Waals surface area contributed by atoms with E-state index in [0.29, 0.717) is 0 Å². The van der Waals surface area contributed by atoms with Gasteiger partial charge >= 0.3 is 0 Å². The second kappa shape index (κ2) is 4.86. The number of piperidine rings is 1. The van der Waals surface area contributed by atoms with Gasteiger partial charge in [-0.3, -0.25) is 0 Å². The third-order valence-electron chi connectivity index (χ3n) is 2.88. The summed E-state index contributed by atoms with van der Waals surface area (Å²) in [4.78, 5) is 0. The largest absolute Gasteiger partial charge is 0.367 e. The third kappa shape index (κ3) is 2.55. The molecule has 0 spiro atoms. The van der Waals surface area contributed by atoms with Gasteiger partial charge in [-0.2, -0.15) is 5.26 Å². The zero-order valence-electron chi connectivity index (χ0n) is 8.96. The Balaban J connectivity index is 2.15. The highest BCUT2D eigenvalue weighted by molar-refractivity contribution is 9.10. The Morgan fingerprint density at radius 2 is 2.12 bits per heavy atom. The number of hydrogen-bond acceptors (Lipinski definition) is 3. The van der Waals surface area contributed by atoms with E-state index in [4.69, 9.17) is 0 Å². The highest BCUT2D eigenvalue weighted by Crippen LogP contribution is 2.25. The predicted octanol–water partition coefficient (Wildman–Crippen LogP) is 2.51. The Bertz CT molecular complexity index is 405. The van der Waals surface area contributed by atoms with Crippen molar-refractivity contribution in [2.75, 3.05) is 18.4 Å². The lowest BCUT2D eigenvalue weighted by Crippen LogP contribution is -2.46. The summed E-state index contributed by atoms with van der Waals surface area (Å²) in [5.74, 6) is 0. The van der Waals surface area contributed by atoms with Gasteiger partial charge in [0.05, 0.1) is 6.07 Å². The van der Waals surface area contributed by atoms with Gasteiger partial charge in [0.1, 0.15) is 5.54 Å². The van der Waals surface area contributed by atoms with Gasteiger partial charge in [-0.15, -0.1) is 0 Å². The molecule has 84 valence electrons. The van der Waals surface area contributed by atoms with E-state index in [-0.39, 0.29) is 0 Å². The summed E-state index contributed by atoms with van der Waals surface area (Å²) < 4.78 is 1.03. The molecule has 2 N–H and O–H groups in total. The van der Waals surface area contributed by atoms with Crippen LogP contribution < -0.4 is 10.6 Å². The summed E-state index contributed by atoms with van der Waals surface area (Å²) in [6.45, 7) is 1.79. The molecule has 1 fully saturated rings. The highest BCUT2D eigenvalue weighted by Gasteiger charge is 2.31. The Hall–Kier alpha value is -1.05. The first kappa shape index (κ1) is 11.4. The van der Waals surface area contributed by atoms with Gasteiger partial charge in [-0.1, -0.05) is 22.0 Å². The first-order valence-corrected chi connectivity index (χ1v) is 6.19. The predicted molar refractivity (Wildman–Crippen MR) is 68.2 cm³/mol. The van der Waals surface area contributed by atoms with Crippen molar-refractivity contribution in [3.05, 3.63) is 28.7 Å². The molecule has 1 aliphatic heterocycles. The van der Waals surface area contributed by atoms with Crippen molar-refractivity contribution >= 4 is 21.6 Å². The van der Waals surface area contributed by atoms with E-state index >= 15 is 0 Å². The maximum atomic E-state index is 9.32. The summed E-state index contributed by atoms with van der Waals surface area (Å²) >= 11 is 3.43. The van der Waals surface area contributed by atoms with Crippen LogP contribution in [0.2, 0.25) is 0 Å². The van der Waals surface area contributed by atoms with Crippen molar-refractivity contribution in [2.24, 2.45) is 0 Å². The molecule has 16 heavy (non-hydrogen) atoms. The molecule has 0 bridgehead atoms. The van der Waals surface area contributed by atoms with Gasteiger partial charge in [0.25, 0.3) is 0 Å². The van der Waals surface area contributed by atoms with E-state index in [1.54, 1.807) is 0 Å². The van der Waals surface area contributed by atoms with Gasteiger partial charge in [0, 0.05) is 10.2 Å². The molecule has 0 atom stereocenters. The highest BCUT2D eigenvalue weighted by atomic mass is 79.9. The summed E-state index contributed by atoms with van der Waals surface area (Å²) in [5, 5.41) is 15.9. The summed E-state index contributed by atoms with van der Waals surface area (Å²) in [7, 11) is 0. The second-order valence-electron chi connectivity index (χ2n) is 4.08. The van der Waals surface area contributed by atoms with Crippen molar-refractivity contribution in [1.29, 1.82) is 5.26 Å². The van der Waals surface area contributed by atoms with Gasteiger partial charge in [-0.25, -0.2) is 0 Å². The van der Waals surface area contributed by atoms with E-state index < -0.39 is 5.54 Å². The van der Waals surface area contributed by atoms with Crippen LogP contribution in [0.25, 0.3) is 0 Å². The fourth-order valence-electron chi connectivity index (χ4n) is 1.96. The molecule has 4 heteroatoms. The van der Waals surface area contributed by atoms with Crippen molar-refractivity contribution in [1.82, 2.24) is 5.32 Å². The number of benzene rings is 1. The molecule has 1 aromatic carbocycles. The summed E-state index contributed by atoms with van der Waals surface area (Å²) in [5.41, 5.74) is 0.587. The Kier molecular flexibility index (Phi) is 3.47. The molecule has 3 nitrogen and oxygen atoms in total. The average molecular weight is 280 g/mol. The van der Waals surface area contributed by atoms with Crippen molar-refractivity contribution in [2.45, 2.75) is 18.4 Å². The Morgan fingerprint density at radius 1 is 1.38 bits per heavy atom. The molecule has 0 saturated carbocycles. The number of nitrogens with zero attached hydrogens (tertiary/aromatic N) is 1. The van der Waals surface area contributed by atoms with Gasteiger partial charge in [-0.05, 0) is 44.1 Å². The van der Waals surface area contributed by atoms with Crippen LogP contribution >= 0.6 is 15.9 Å². The van der Waals surface area contributed by atoms with E-state index in [2.05, 4.69) is 32.6 Å². The summed E-state index contributed by atoms with van der Waals surface area (Å²) in [6, 6.07) is 10.4. The molecule has 0 radical (unpaired) electrons. The molecule has 1 heterocycles. The molecule has 0 aliphatic carbocycles. The smallest absolute Gasteiger partial charge is 0.127 e. The monoisotopic (exact) mass is 279 g/mol. The van der Waals surface area contributed by atoms with Gasteiger partial charge in [0.2, 0.25) is 0 Å². The molecule has 1 saturated heterocycles. The minimum atomic E-state index is -0.411. The average Bonchev–Trinajstić information content (AvgIpc) is 2.30. The van der Waals surface area contributed by atoms with Crippen molar-refractivity contribution in [3.63, 3.8) is 0 Å². The molecule has 1 aliphatic rings. The minimum absolute atomic E-state index is 0.411. The van der Waals surface area contributed by atoms with Crippen molar-refractivity contribution < 1.29 is 0 Å². The topological polar surface area (TPSA) is 47.9 Å². The molecule has 0 unspecified atom stereocenters. The quantitative estimate of drug-likeness (QED) is 0.875. The van der Waals surface area contributed by atoms with Crippen LogP contribution in [0, 0.1) is 11.3 Å². The van der Waals surface area contributed by atoms with Crippen LogP contribution in [0.1, 0.15) is 12.8 Å². The molecular weight excluding hydrogens is 266 g/mol. The lowest BCUT2D eigenvalue weighted by atomic mass is 9.89. The lowest BCUT2D eigenvalue weighted by molar-refractivity contribution is 0.409. The Morgan fingerprint density at radius 3 is 2.75 bits per heavy atom. The number of anilines is 1. The first-order valence-electron chi connectivity index (χ1n) is 5.40. The van der Waals surface area contributed by atoms with Crippen LogP contribution in [-0.2, 0) is 0 Å². The number of nitriles is 1. The molecule has 0 aromatic heterocycles. The normalized spacial score (nSPS) is 18.8.